The van der Waals surface area contributed by atoms with Crippen molar-refractivity contribution in [1.82, 2.24) is 4.90 Å². The smallest absolute Gasteiger partial charge is 0.226 e. The number of hydrogen-bond donors (Lipinski definition) is 0. The largest absolute Gasteiger partial charge is 0.319 e. The average Bonchev–Trinajstić information content (AvgIpc) is 2.76. The third-order valence-electron chi connectivity index (χ3n) is 2.25. The van der Waals surface area contributed by atoms with Crippen LogP contribution in [0.15, 0.2) is 12.3 Å². The van der Waals surface area contributed by atoms with Crippen LogP contribution in [0, 0.1) is 24.2 Å². The molecule has 0 aliphatic carbocycles. The predicted octanol–water partition coefficient (Wildman–Crippen LogP) is 1.93. The molecule has 0 aromatic carbocycles. The van der Waals surface area contributed by atoms with Gasteiger partial charge < -0.3 is 4.90 Å². The number of terminal acetylenes is 1. The molecule has 0 spiro atoms. The molecule has 0 saturated heterocycles. The van der Waals surface area contributed by atoms with Gasteiger partial charge in [-0.3, -0.25) is 4.79 Å². The molecule has 0 aromatic rings. The van der Waals surface area contributed by atoms with E-state index in [0.29, 0.717) is 6.42 Å². The third kappa shape index (κ3) is 4.38. The van der Waals surface area contributed by atoms with Crippen molar-refractivity contribution < 1.29 is 4.79 Å². The minimum absolute atomic E-state index is 0.216. The quantitative estimate of drug-likeness (QED) is 0.502. The van der Waals surface area contributed by atoms with Gasteiger partial charge in [-0.05, 0) is 31.1 Å². The van der Waals surface area contributed by atoms with E-state index < -0.39 is 0 Å². The van der Waals surface area contributed by atoms with Crippen LogP contribution in [-0.4, -0.2) is 17.4 Å². The van der Waals surface area contributed by atoms with Gasteiger partial charge in [-0.1, -0.05) is 12.0 Å². The predicted molar refractivity (Wildman–Crippen MR) is 60.5 cm³/mol. The number of hydrogen-bond acceptors (Lipinski definition) is 1. The van der Waals surface area contributed by atoms with Gasteiger partial charge in [0.1, 0.15) is 0 Å². The van der Waals surface area contributed by atoms with E-state index in [-0.39, 0.29) is 5.91 Å². The highest BCUT2D eigenvalue weighted by Crippen LogP contribution is 2.08. The molecule has 0 N–H and O–H groups in total. The Morgan fingerprint density at radius 2 is 2.33 bits per heavy atom. The summed E-state index contributed by atoms with van der Waals surface area (Å²) in [6, 6.07) is 0. The van der Waals surface area contributed by atoms with E-state index in [0.717, 1.165) is 32.2 Å². The zero-order chi connectivity index (χ0) is 10.9. The van der Waals surface area contributed by atoms with Crippen molar-refractivity contribution in [2.24, 2.45) is 0 Å². The maximum absolute atomic E-state index is 11.5. The molecule has 0 unspecified atom stereocenters. The fourth-order valence-electron chi connectivity index (χ4n) is 1.44. The maximum Gasteiger partial charge on any atom is 0.226 e. The summed E-state index contributed by atoms with van der Waals surface area (Å²) in [4.78, 5) is 13.3. The average molecular weight is 201 g/mol. The first-order valence-electron chi connectivity index (χ1n) is 5.24. The summed E-state index contributed by atoms with van der Waals surface area (Å²) in [7, 11) is 0. The highest BCUT2D eigenvalue weighted by molar-refractivity contribution is 5.77. The molecular weight excluding hydrogens is 186 g/mol. The van der Waals surface area contributed by atoms with E-state index in [1.54, 1.807) is 4.90 Å². The van der Waals surface area contributed by atoms with Crippen LogP contribution < -0.4 is 0 Å². The highest BCUT2D eigenvalue weighted by Gasteiger charge is 2.12. The van der Waals surface area contributed by atoms with Crippen molar-refractivity contribution in [3.8, 4) is 24.2 Å². The van der Waals surface area contributed by atoms with Crippen molar-refractivity contribution in [3.63, 3.8) is 0 Å². The summed E-state index contributed by atoms with van der Waals surface area (Å²) in [5.41, 5.74) is 0. The lowest BCUT2D eigenvalue weighted by Crippen LogP contribution is -2.23. The van der Waals surface area contributed by atoms with Gasteiger partial charge in [0.2, 0.25) is 5.91 Å². The minimum Gasteiger partial charge on any atom is -0.319 e. The Kier molecular flexibility index (Phi) is 5.12. The van der Waals surface area contributed by atoms with Gasteiger partial charge in [-0.15, -0.1) is 6.42 Å². The van der Waals surface area contributed by atoms with Crippen LogP contribution in [-0.2, 0) is 4.79 Å². The first kappa shape index (κ1) is 11.4. The molecule has 0 saturated carbocycles. The van der Waals surface area contributed by atoms with E-state index in [1.165, 1.54) is 0 Å². The Morgan fingerprint density at radius 1 is 1.47 bits per heavy atom. The molecule has 0 aromatic heterocycles. The van der Waals surface area contributed by atoms with Crippen molar-refractivity contribution in [3.05, 3.63) is 12.3 Å². The fourth-order valence-corrected chi connectivity index (χ4v) is 1.44. The number of carbonyl (C=O) groups is 1. The number of rotatable bonds is 4. The van der Waals surface area contributed by atoms with Crippen molar-refractivity contribution in [2.75, 3.05) is 6.54 Å². The lowest BCUT2D eigenvalue weighted by Gasteiger charge is -2.12. The molecular formula is C13H15NO. The molecule has 78 valence electrons. The Morgan fingerprint density at radius 3 is 3.00 bits per heavy atom. The fraction of sp³-hybridized carbons (Fsp3) is 0.462. The van der Waals surface area contributed by atoms with Gasteiger partial charge in [0.15, 0.2) is 0 Å². The first-order chi connectivity index (χ1) is 7.34. The Bertz CT molecular complexity index is 338. The van der Waals surface area contributed by atoms with Crippen LogP contribution in [0.2, 0.25) is 0 Å². The van der Waals surface area contributed by atoms with Crippen LogP contribution in [0.25, 0.3) is 0 Å². The topological polar surface area (TPSA) is 20.3 Å². The SMILES string of the molecule is C#CC#CCCCCC(=O)N1C=CCC1. The highest BCUT2D eigenvalue weighted by atomic mass is 16.2. The molecule has 1 aliphatic heterocycles. The second kappa shape index (κ2) is 6.74. The molecule has 1 aliphatic rings. The number of nitrogens with zero attached hydrogens (tertiary/aromatic N) is 1. The molecule has 15 heavy (non-hydrogen) atoms. The molecule has 1 heterocycles. The van der Waals surface area contributed by atoms with Gasteiger partial charge in [-0.2, -0.15) is 0 Å². The van der Waals surface area contributed by atoms with Gasteiger partial charge in [0.25, 0.3) is 0 Å². The Balaban J connectivity index is 2.07. The van der Waals surface area contributed by atoms with E-state index in [4.69, 9.17) is 6.42 Å². The molecule has 0 radical (unpaired) electrons. The monoisotopic (exact) mass is 201 g/mol. The van der Waals surface area contributed by atoms with Crippen molar-refractivity contribution in [2.45, 2.75) is 32.1 Å². The van der Waals surface area contributed by atoms with Crippen LogP contribution in [0.5, 0.6) is 0 Å². The van der Waals surface area contributed by atoms with E-state index in [1.807, 2.05) is 12.3 Å². The summed E-state index contributed by atoms with van der Waals surface area (Å²) in [6.45, 7) is 0.843. The summed E-state index contributed by atoms with van der Waals surface area (Å²) in [6.07, 6.45) is 13.1. The summed E-state index contributed by atoms with van der Waals surface area (Å²) < 4.78 is 0. The molecule has 1 rings (SSSR count). The summed E-state index contributed by atoms with van der Waals surface area (Å²) >= 11 is 0. The maximum atomic E-state index is 11.5. The van der Waals surface area contributed by atoms with Crippen molar-refractivity contribution >= 4 is 5.91 Å². The zero-order valence-corrected chi connectivity index (χ0v) is 8.83. The molecule has 2 nitrogen and oxygen atoms in total. The van der Waals surface area contributed by atoms with Gasteiger partial charge >= 0.3 is 0 Å². The second-order valence-corrected chi connectivity index (χ2v) is 3.41. The molecule has 0 bridgehead atoms. The standard InChI is InChI=1S/C13H15NO/c1-2-3-4-5-6-7-10-13(15)14-11-8-9-12-14/h1,8,11H,5-7,9-10,12H2. The third-order valence-corrected chi connectivity index (χ3v) is 2.25. The molecule has 0 fully saturated rings. The van der Waals surface area contributed by atoms with Crippen LogP contribution in [0.4, 0.5) is 0 Å². The molecule has 1 amide bonds. The Hall–Kier alpha value is -1.67. The van der Waals surface area contributed by atoms with Crippen LogP contribution in [0.3, 0.4) is 0 Å². The Labute approximate surface area is 91.3 Å². The first-order valence-corrected chi connectivity index (χ1v) is 5.24. The van der Waals surface area contributed by atoms with Gasteiger partial charge in [-0.25, -0.2) is 0 Å². The lowest BCUT2D eigenvalue weighted by atomic mass is 10.2. The number of amides is 1. The number of carbonyl (C=O) groups excluding carboxylic acids is 1. The number of unbranched alkanes of at least 4 members (excludes halogenated alkanes) is 2. The van der Waals surface area contributed by atoms with E-state index in [9.17, 15) is 4.79 Å². The second-order valence-electron chi connectivity index (χ2n) is 3.41. The molecule has 0 atom stereocenters. The van der Waals surface area contributed by atoms with Crippen molar-refractivity contribution in [1.29, 1.82) is 0 Å². The van der Waals surface area contributed by atoms with Gasteiger partial charge in [0, 0.05) is 25.6 Å². The van der Waals surface area contributed by atoms with E-state index in [2.05, 4.69) is 17.8 Å². The minimum atomic E-state index is 0.216. The normalized spacial score (nSPS) is 13.1. The van der Waals surface area contributed by atoms with E-state index >= 15 is 0 Å². The van der Waals surface area contributed by atoms with Crippen LogP contribution in [0.1, 0.15) is 32.1 Å². The van der Waals surface area contributed by atoms with Gasteiger partial charge in [0.05, 0.1) is 0 Å². The lowest BCUT2D eigenvalue weighted by molar-refractivity contribution is -0.128. The zero-order valence-electron chi connectivity index (χ0n) is 8.83. The molecule has 2 heteroatoms. The summed E-state index contributed by atoms with van der Waals surface area (Å²) in [5.74, 6) is 7.90. The van der Waals surface area contributed by atoms with Crippen LogP contribution >= 0.6 is 0 Å². The summed E-state index contributed by atoms with van der Waals surface area (Å²) in [5, 5.41) is 0.